The molecule has 4 heteroatoms. The molecule has 0 bridgehead atoms. The van der Waals surface area contributed by atoms with Gasteiger partial charge in [-0.3, -0.25) is 0 Å². The van der Waals surface area contributed by atoms with Gasteiger partial charge in [-0.2, -0.15) is 0 Å². The minimum atomic E-state index is -0.291. The molecule has 1 aliphatic rings. The molecule has 0 amide bonds. The number of nitrogens with one attached hydrogen (secondary N) is 1. The van der Waals surface area contributed by atoms with Crippen LogP contribution >= 0.6 is 0 Å². The minimum absolute atomic E-state index is 0.291. The van der Waals surface area contributed by atoms with Gasteiger partial charge in [-0.05, 0) is 31.0 Å². The van der Waals surface area contributed by atoms with Crippen molar-refractivity contribution in [1.29, 1.82) is 0 Å². The van der Waals surface area contributed by atoms with Crippen LogP contribution in [0.1, 0.15) is 22.8 Å². The zero-order valence-electron chi connectivity index (χ0n) is 9.99. The van der Waals surface area contributed by atoms with Crippen LogP contribution in [0.15, 0.2) is 18.2 Å². The molecule has 0 fully saturated rings. The van der Waals surface area contributed by atoms with E-state index in [4.69, 9.17) is 9.47 Å². The van der Waals surface area contributed by atoms with E-state index in [9.17, 15) is 4.79 Å². The van der Waals surface area contributed by atoms with E-state index in [1.54, 1.807) is 0 Å². The number of esters is 1. The Balaban J connectivity index is 1.91. The Kier molecular flexibility index (Phi) is 3.98. The van der Waals surface area contributed by atoms with Crippen molar-refractivity contribution in [3.63, 3.8) is 0 Å². The second-order valence-electron chi connectivity index (χ2n) is 3.88. The lowest BCUT2D eigenvalue weighted by molar-refractivity contribution is 0.0335. The summed E-state index contributed by atoms with van der Waals surface area (Å²) in [5.74, 6) is -0.291. The summed E-state index contributed by atoms with van der Waals surface area (Å²) in [5.41, 5.74) is 2.90. The third-order valence-corrected chi connectivity index (χ3v) is 2.72. The van der Waals surface area contributed by atoms with Crippen molar-refractivity contribution in [3.05, 3.63) is 29.3 Å². The van der Waals surface area contributed by atoms with Crippen molar-refractivity contribution in [1.82, 2.24) is 0 Å². The smallest absolute Gasteiger partial charge is 0.338 e. The monoisotopic (exact) mass is 235 g/mol. The molecule has 0 atom stereocenters. The Hall–Kier alpha value is -1.55. The Morgan fingerprint density at radius 2 is 2.29 bits per heavy atom. The van der Waals surface area contributed by atoms with Crippen LogP contribution in [0.2, 0.25) is 0 Å². The average molecular weight is 235 g/mol. The van der Waals surface area contributed by atoms with Gasteiger partial charge in [-0.25, -0.2) is 4.79 Å². The second kappa shape index (κ2) is 5.68. The summed E-state index contributed by atoms with van der Waals surface area (Å²) >= 11 is 0. The molecule has 0 aliphatic carbocycles. The molecule has 1 aliphatic heterocycles. The lowest BCUT2D eigenvalue weighted by Gasteiger charge is -2.06. The van der Waals surface area contributed by atoms with E-state index < -0.39 is 0 Å². The summed E-state index contributed by atoms with van der Waals surface area (Å²) in [5, 5.41) is 3.24. The highest BCUT2D eigenvalue weighted by atomic mass is 16.6. The van der Waals surface area contributed by atoms with E-state index in [0.29, 0.717) is 25.4 Å². The van der Waals surface area contributed by atoms with Crippen LogP contribution in [-0.2, 0) is 15.9 Å². The number of anilines is 1. The van der Waals surface area contributed by atoms with Gasteiger partial charge in [0.25, 0.3) is 0 Å². The maximum absolute atomic E-state index is 11.7. The second-order valence-corrected chi connectivity index (χ2v) is 3.88. The summed E-state index contributed by atoms with van der Waals surface area (Å²) in [7, 11) is 0. The van der Waals surface area contributed by atoms with E-state index in [2.05, 4.69) is 5.32 Å². The molecule has 1 heterocycles. The Labute approximate surface area is 101 Å². The van der Waals surface area contributed by atoms with Gasteiger partial charge < -0.3 is 14.8 Å². The van der Waals surface area contributed by atoms with Gasteiger partial charge in [-0.1, -0.05) is 6.07 Å². The molecule has 0 saturated carbocycles. The summed E-state index contributed by atoms with van der Waals surface area (Å²) in [6.45, 7) is 4.25. The quantitative estimate of drug-likeness (QED) is 0.625. The van der Waals surface area contributed by atoms with Gasteiger partial charge in [0.05, 0.1) is 12.2 Å². The first-order valence-corrected chi connectivity index (χ1v) is 5.93. The molecule has 0 saturated heterocycles. The van der Waals surface area contributed by atoms with E-state index in [0.717, 1.165) is 18.7 Å². The number of hydrogen-bond donors (Lipinski definition) is 1. The molecule has 92 valence electrons. The summed E-state index contributed by atoms with van der Waals surface area (Å²) in [6.07, 6.45) is 1.02. The number of hydrogen-bond acceptors (Lipinski definition) is 4. The highest BCUT2D eigenvalue weighted by Gasteiger charge is 2.13. The van der Waals surface area contributed by atoms with Crippen LogP contribution in [0.25, 0.3) is 0 Å². The third kappa shape index (κ3) is 2.97. The zero-order chi connectivity index (χ0) is 12.1. The molecule has 0 unspecified atom stereocenters. The number of benzene rings is 1. The molecular formula is C13H17NO3. The van der Waals surface area contributed by atoms with Gasteiger partial charge in [0.2, 0.25) is 0 Å². The Bertz CT molecular complexity index is 404. The minimum Gasteiger partial charge on any atom is -0.460 e. The highest BCUT2D eigenvalue weighted by molar-refractivity contribution is 5.91. The molecule has 0 spiro atoms. The standard InChI is InChI=1S/C13H17NO3/c1-2-16-7-8-17-13(15)11-4-3-10-5-6-14-12(10)9-11/h3-4,9,14H,2,5-8H2,1H3. The van der Waals surface area contributed by atoms with Crippen molar-refractivity contribution < 1.29 is 14.3 Å². The number of ether oxygens (including phenoxy) is 2. The summed E-state index contributed by atoms with van der Waals surface area (Å²) < 4.78 is 10.2. The van der Waals surface area contributed by atoms with E-state index >= 15 is 0 Å². The normalized spacial score (nSPS) is 13.0. The molecule has 17 heavy (non-hydrogen) atoms. The maximum atomic E-state index is 11.7. The van der Waals surface area contributed by atoms with Crippen molar-refractivity contribution in [2.24, 2.45) is 0 Å². The fourth-order valence-electron chi connectivity index (χ4n) is 1.84. The molecule has 0 aromatic heterocycles. The third-order valence-electron chi connectivity index (χ3n) is 2.72. The molecule has 1 aromatic carbocycles. The number of fused-ring (bicyclic) bond motifs is 1. The topological polar surface area (TPSA) is 47.6 Å². The fourth-order valence-corrected chi connectivity index (χ4v) is 1.84. The molecular weight excluding hydrogens is 218 g/mol. The molecule has 1 N–H and O–H groups in total. The predicted molar refractivity (Wildman–Crippen MR) is 65.4 cm³/mol. The molecule has 1 aromatic rings. The number of rotatable bonds is 5. The van der Waals surface area contributed by atoms with Gasteiger partial charge in [0.1, 0.15) is 6.61 Å². The van der Waals surface area contributed by atoms with Crippen molar-refractivity contribution >= 4 is 11.7 Å². The van der Waals surface area contributed by atoms with Crippen molar-refractivity contribution in [2.75, 3.05) is 31.7 Å². The van der Waals surface area contributed by atoms with Crippen LogP contribution in [-0.4, -0.2) is 32.3 Å². The van der Waals surface area contributed by atoms with E-state index in [1.807, 2.05) is 25.1 Å². The SMILES string of the molecule is CCOCCOC(=O)c1ccc2c(c1)NCC2. The van der Waals surface area contributed by atoms with E-state index in [1.165, 1.54) is 5.56 Å². The first kappa shape index (κ1) is 11.9. The average Bonchev–Trinajstić information content (AvgIpc) is 2.81. The van der Waals surface area contributed by atoms with Crippen LogP contribution in [0, 0.1) is 0 Å². The van der Waals surface area contributed by atoms with Crippen molar-refractivity contribution in [3.8, 4) is 0 Å². The van der Waals surface area contributed by atoms with Gasteiger partial charge >= 0.3 is 5.97 Å². The zero-order valence-corrected chi connectivity index (χ0v) is 9.99. The maximum Gasteiger partial charge on any atom is 0.338 e. The fraction of sp³-hybridized carbons (Fsp3) is 0.462. The molecule has 2 rings (SSSR count). The lowest BCUT2D eigenvalue weighted by atomic mass is 10.1. The number of carbonyl (C=O) groups excluding carboxylic acids is 1. The van der Waals surface area contributed by atoms with Crippen LogP contribution < -0.4 is 5.32 Å². The van der Waals surface area contributed by atoms with Crippen molar-refractivity contribution in [2.45, 2.75) is 13.3 Å². The largest absolute Gasteiger partial charge is 0.460 e. The molecule has 4 nitrogen and oxygen atoms in total. The van der Waals surface area contributed by atoms with Crippen LogP contribution in [0.3, 0.4) is 0 Å². The van der Waals surface area contributed by atoms with Gasteiger partial charge in [0, 0.05) is 18.8 Å². The lowest BCUT2D eigenvalue weighted by Crippen LogP contribution is -2.11. The molecule has 0 radical (unpaired) electrons. The highest BCUT2D eigenvalue weighted by Crippen LogP contribution is 2.23. The predicted octanol–water partition coefficient (Wildman–Crippen LogP) is 1.85. The summed E-state index contributed by atoms with van der Waals surface area (Å²) in [6, 6.07) is 5.65. The first-order valence-electron chi connectivity index (χ1n) is 5.93. The van der Waals surface area contributed by atoms with Crippen LogP contribution in [0.4, 0.5) is 5.69 Å². The van der Waals surface area contributed by atoms with Crippen LogP contribution in [0.5, 0.6) is 0 Å². The number of carbonyl (C=O) groups is 1. The van der Waals surface area contributed by atoms with Gasteiger partial charge in [-0.15, -0.1) is 0 Å². The van der Waals surface area contributed by atoms with Gasteiger partial charge in [0.15, 0.2) is 0 Å². The first-order chi connectivity index (χ1) is 8.31. The summed E-state index contributed by atoms with van der Waals surface area (Å²) in [4.78, 5) is 11.7. The Morgan fingerprint density at radius 1 is 1.41 bits per heavy atom. The Morgan fingerprint density at radius 3 is 3.12 bits per heavy atom. The van der Waals surface area contributed by atoms with E-state index in [-0.39, 0.29) is 5.97 Å².